The second-order valence-electron chi connectivity index (χ2n) is 2.90. The first-order valence-electron chi connectivity index (χ1n) is 3.68. The molecule has 5 heteroatoms. The molecule has 1 fully saturated rings. The Morgan fingerprint density at radius 1 is 1.58 bits per heavy atom. The Morgan fingerprint density at radius 2 is 2.17 bits per heavy atom. The smallest absolute Gasteiger partial charge is 0.220 e. The quantitative estimate of drug-likeness (QED) is 0.483. The first-order valence-corrected chi connectivity index (χ1v) is 3.68. The summed E-state index contributed by atoms with van der Waals surface area (Å²) in [5.41, 5.74) is 0. The Balaban J connectivity index is 2.72. The van der Waals surface area contributed by atoms with Gasteiger partial charge in [-0.15, -0.1) is 0 Å². The Kier molecular flexibility index (Phi) is 2.32. The predicted molar refractivity (Wildman–Crippen MR) is 36.8 cm³/mol. The topological polar surface area (TPSA) is 80.7 Å². The zero-order valence-corrected chi connectivity index (χ0v) is 6.69. The highest BCUT2D eigenvalue weighted by atomic mass is 16.4. The lowest BCUT2D eigenvalue weighted by Gasteiger charge is -2.23. The summed E-state index contributed by atoms with van der Waals surface area (Å²) in [5.74, 6) is -1.65. The van der Waals surface area contributed by atoms with Gasteiger partial charge in [0.15, 0.2) is 0 Å². The molecule has 0 aromatic carbocycles. The number of likely N-dealkylation sites (tertiary alicyclic amines) is 1. The molecule has 0 aromatic rings. The van der Waals surface area contributed by atoms with Crippen molar-refractivity contribution in [2.24, 2.45) is 0 Å². The molecule has 1 heterocycles. The monoisotopic (exact) mass is 172 g/mol. The summed E-state index contributed by atoms with van der Waals surface area (Å²) >= 11 is 0. The van der Waals surface area contributed by atoms with Crippen molar-refractivity contribution in [3.8, 4) is 0 Å². The number of aliphatic hydroxyl groups is 1. The van der Waals surface area contributed by atoms with Gasteiger partial charge in [0.1, 0.15) is 0 Å². The predicted octanol–water partition coefficient (Wildman–Crippen LogP) is -2.28. The van der Waals surface area contributed by atoms with Crippen LogP contribution >= 0.6 is 0 Å². The van der Waals surface area contributed by atoms with E-state index < -0.39 is 18.1 Å². The van der Waals surface area contributed by atoms with Gasteiger partial charge in [-0.3, -0.25) is 4.79 Å². The van der Waals surface area contributed by atoms with Crippen LogP contribution in [0.5, 0.6) is 0 Å². The summed E-state index contributed by atoms with van der Waals surface area (Å²) < 4.78 is 0. The molecule has 0 unspecified atom stereocenters. The Labute approximate surface area is 69.6 Å². The first kappa shape index (κ1) is 8.99. The van der Waals surface area contributed by atoms with Crippen LogP contribution in [0.25, 0.3) is 0 Å². The van der Waals surface area contributed by atoms with E-state index in [1.165, 1.54) is 6.92 Å². The number of hydrogen-bond acceptors (Lipinski definition) is 4. The number of hydrogen-bond donors (Lipinski definition) is 1. The molecule has 1 amide bonds. The maximum atomic E-state index is 10.8. The van der Waals surface area contributed by atoms with E-state index in [0.717, 1.165) is 4.90 Å². The van der Waals surface area contributed by atoms with Gasteiger partial charge in [0.25, 0.3) is 0 Å². The van der Waals surface area contributed by atoms with E-state index in [2.05, 4.69) is 0 Å². The molecule has 0 aromatic heterocycles. The average Bonchev–Trinajstić information content (AvgIpc) is 2.31. The van der Waals surface area contributed by atoms with Crippen molar-refractivity contribution in [3.63, 3.8) is 0 Å². The van der Waals surface area contributed by atoms with Gasteiger partial charge >= 0.3 is 0 Å². The molecule has 1 aliphatic heterocycles. The third kappa shape index (κ3) is 1.55. The SMILES string of the molecule is CC(=O)N1C[C@H](O)C[C@@H]1C(=O)[O-]. The summed E-state index contributed by atoms with van der Waals surface area (Å²) in [7, 11) is 0. The molecule has 68 valence electrons. The molecular formula is C7H10NO4-. The van der Waals surface area contributed by atoms with Crippen LogP contribution in [0.15, 0.2) is 0 Å². The minimum absolute atomic E-state index is 0.0713. The molecule has 1 N–H and O–H groups in total. The number of amides is 1. The number of carboxylic acids is 1. The van der Waals surface area contributed by atoms with Gasteiger partial charge in [-0.05, 0) is 0 Å². The Bertz CT molecular complexity index is 193. The number of carbonyl (C=O) groups excluding carboxylic acids is 2. The van der Waals surface area contributed by atoms with E-state index in [-0.39, 0.29) is 18.9 Å². The number of nitrogens with zero attached hydrogens (tertiary/aromatic N) is 1. The Hall–Kier alpha value is -1.10. The maximum Gasteiger partial charge on any atom is 0.220 e. The van der Waals surface area contributed by atoms with E-state index >= 15 is 0 Å². The van der Waals surface area contributed by atoms with Gasteiger partial charge in [0.2, 0.25) is 5.91 Å². The van der Waals surface area contributed by atoms with Gasteiger partial charge in [-0.25, -0.2) is 0 Å². The fourth-order valence-electron chi connectivity index (χ4n) is 1.39. The van der Waals surface area contributed by atoms with E-state index in [1.807, 2.05) is 0 Å². The number of aliphatic hydroxyl groups excluding tert-OH is 1. The molecular weight excluding hydrogens is 162 g/mol. The van der Waals surface area contributed by atoms with Crippen molar-refractivity contribution in [2.45, 2.75) is 25.5 Å². The Morgan fingerprint density at radius 3 is 2.50 bits per heavy atom. The number of β-amino-alcohol motifs (C(OH)–C–C–N with tert-alkyl or cyclic N) is 1. The highest BCUT2D eigenvalue weighted by Gasteiger charge is 2.33. The van der Waals surface area contributed by atoms with Crippen molar-refractivity contribution in [3.05, 3.63) is 0 Å². The molecule has 0 radical (unpaired) electrons. The molecule has 2 atom stereocenters. The normalized spacial score (nSPS) is 29.0. The number of carboxylic acid groups (broad SMARTS) is 1. The molecule has 1 aliphatic rings. The van der Waals surface area contributed by atoms with Gasteiger partial charge < -0.3 is 19.9 Å². The zero-order valence-electron chi connectivity index (χ0n) is 6.69. The summed E-state index contributed by atoms with van der Waals surface area (Å²) in [5, 5.41) is 19.5. The van der Waals surface area contributed by atoms with Crippen molar-refractivity contribution >= 4 is 11.9 Å². The van der Waals surface area contributed by atoms with Crippen LogP contribution in [-0.4, -0.2) is 40.6 Å². The molecule has 0 saturated carbocycles. The van der Waals surface area contributed by atoms with Gasteiger partial charge in [0.05, 0.1) is 18.1 Å². The lowest BCUT2D eigenvalue weighted by atomic mass is 10.2. The van der Waals surface area contributed by atoms with Crippen molar-refractivity contribution in [1.29, 1.82) is 0 Å². The van der Waals surface area contributed by atoms with Crippen LogP contribution in [0.3, 0.4) is 0 Å². The van der Waals surface area contributed by atoms with Gasteiger partial charge in [-0.2, -0.15) is 0 Å². The first-order chi connectivity index (χ1) is 5.52. The average molecular weight is 172 g/mol. The fraction of sp³-hybridized carbons (Fsp3) is 0.714. The molecule has 0 spiro atoms. The molecule has 1 rings (SSSR count). The second kappa shape index (κ2) is 3.10. The number of carbonyl (C=O) groups is 2. The molecule has 1 saturated heterocycles. The summed E-state index contributed by atoms with van der Waals surface area (Å²) in [6.07, 6.45) is -0.668. The lowest BCUT2D eigenvalue weighted by molar-refractivity contribution is -0.310. The van der Waals surface area contributed by atoms with Crippen LogP contribution in [0.2, 0.25) is 0 Å². The summed E-state index contributed by atoms with van der Waals surface area (Å²) in [6.45, 7) is 1.36. The van der Waals surface area contributed by atoms with Gasteiger partial charge in [0, 0.05) is 19.9 Å². The lowest BCUT2D eigenvalue weighted by Crippen LogP contribution is -2.46. The zero-order chi connectivity index (χ0) is 9.30. The fourth-order valence-corrected chi connectivity index (χ4v) is 1.39. The van der Waals surface area contributed by atoms with Crippen molar-refractivity contribution in [2.75, 3.05) is 6.54 Å². The standard InChI is InChI=1S/C7H11NO4/c1-4(9)8-3-5(10)2-6(8)7(11)12/h5-6,10H,2-3H2,1H3,(H,11,12)/p-1/t5-,6-/m1/s1. The summed E-state index contributed by atoms with van der Waals surface area (Å²) in [4.78, 5) is 22.4. The van der Waals surface area contributed by atoms with E-state index in [9.17, 15) is 14.7 Å². The van der Waals surface area contributed by atoms with Crippen molar-refractivity contribution in [1.82, 2.24) is 4.90 Å². The van der Waals surface area contributed by atoms with Crippen LogP contribution in [0, 0.1) is 0 Å². The second-order valence-corrected chi connectivity index (χ2v) is 2.90. The molecule has 0 aliphatic carbocycles. The van der Waals surface area contributed by atoms with E-state index in [0.29, 0.717) is 0 Å². The maximum absolute atomic E-state index is 10.8. The minimum atomic E-state index is -1.30. The van der Waals surface area contributed by atoms with Crippen LogP contribution in [0.4, 0.5) is 0 Å². The summed E-state index contributed by atoms with van der Waals surface area (Å²) in [6, 6.07) is -0.961. The molecule has 12 heavy (non-hydrogen) atoms. The van der Waals surface area contributed by atoms with Gasteiger partial charge in [-0.1, -0.05) is 0 Å². The molecule has 5 nitrogen and oxygen atoms in total. The number of aliphatic carboxylic acids is 1. The minimum Gasteiger partial charge on any atom is -0.548 e. The molecule has 0 bridgehead atoms. The van der Waals surface area contributed by atoms with Crippen LogP contribution in [0.1, 0.15) is 13.3 Å². The van der Waals surface area contributed by atoms with E-state index in [4.69, 9.17) is 5.11 Å². The highest BCUT2D eigenvalue weighted by Crippen LogP contribution is 2.16. The third-order valence-corrected chi connectivity index (χ3v) is 1.96. The third-order valence-electron chi connectivity index (χ3n) is 1.96. The highest BCUT2D eigenvalue weighted by molar-refractivity contribution is 5.82. The van der Waals surface area contributed by atoms with Crippen molar-refractivity contribution < 1.29 is 19.8 Å². The van der Waals surface area contributed by atoms with Crippen LogP contribution in [-0.2, 0) is 9.59 Å². The largest absolute Gasteiger partial charge is 0.548 e. The van der Waals surface area contributed by atoms with E-state index in [1.54, 1.807) is 0 Å². The number of rotatable bonds is 1. The van der Waals surface area contributed by atoms with Crippen LogP contribution < -0.4 is 5.11 Å².